The summed E-state index contributed by atoms with van der Waals surface area (Å²) in [5, 5.41) is 5.18. The van der Waals surface area contributed by atoms with Crippen molar-refractivity contribution in [3.63, 3.8) is 0 Å². The molecular formula is C18H18ClN5. The van der Waals surface area contributed by atoms with Crippen LogP contribution >= 0.6 is 11.6 Å². The monoisotopic (exact) mass is 339 g/mol. The molecule has 6 heteroatoms. The molecule has 4 rings (SSSR count). The number of hydrogen-bond donors (Lipinski definition) is 0. The van der Waals surface area contributed by atoms with Gasteiger partial charge >= 0.3 is 0 Å². The quantitative estimate of drug-likeness (QED) is 0.735. The van der Waals surface area contributed by atoms with E-state index in [1.165, 1.54) is 5.56 Å². The molecule has 0 atom stereocenters. The van der Waals surface area contributed by atoms with Crippen molar-refractivity contribution in [3.05, 3.63) is 64.7 Å². The summed E-state index contributed by atoms with van der Waals surface area (Å²) in [7, 11) is 1.95. The summed E-state index contributed by atoms with van der Waals surface area (Å²) in [6.07, 6.45) is 4.87. The second-order valence-electron chi connectivity index (χ2n) is 6.11. The average molecular weight is 340 g/mol. The van der Waals surface area contributed by atoms with Crippen LogP contribution in [0, 0.1) is 0 Å². The van der Waals surface area contributed by atoms with E-state index in [1.807, 2.05) is 48.4 Å². The fraction of sp³-hybridized carbons (Fsp3) is 0.278. The molecule has 0 radical (unpaired) electrons. The molecule has 122 valence electrons. The van der Waals surface area contributed by atoms with Crippen LogP contribution in [0.1, 0.15) is 17.0 Å². The Bertz CT molecular complexity index is 856. The number of aromatic nitrogens is 4. The molecule has 3 heterocycles. The van der Waals surface area contributed by atoms with E-state index in [9.17, 15) is 0 Å². The van der Waals surface area contributed by atoms with Crippen molar-refractivity contribution in [2.75, 3.05) is 6.54 Å². The molecule has 1 aliphatic rings. The van der Waals surface area contributed by atoms with E-state index in [0.29, 0.717) is 0 Å². The standard InChI is InChI=1S/C18H18ClN5/c1-23-8-6-16(22-23)12-24-9-7-17-14(11-24)10-20-18(21-17)13-2-4-15(19)5-3-13/h2-6,8,10H,7,9,11-12H2,1H3. The molecule has 0 aliphatic carbocycles. The lowest BCUT2D eigenvalue weighted by atomic mass is 10.1. The molecule has 2 aromatic heterocycles. The minimum atomic E-state index is 0.724. The van der Waals surface area contributed by atoms with E-state index < -0.39 is 0 Å². The van der Waals surface area contributed by atoms with Gasteiger partial charge in [-0.25, -0.2) is 9.97 Å². The van der Waals surface area contributed by atoms with Gasteiger partial charge < -0.3 is 0 Å². The van der Waals surface area contributed by atoms with Crippen LogP contribution in [0.4, 0.5) is 0 Å². The molecule has 0 bridgehead atoms. The Hall–Kier alpha value is -2.24. The van der Waals surface area contributed by atoms with E-state index in [-0.39, 0.29) is 0 Å². The van der Waals surface area contributed by atoms with E-state index in [0.717, 1.165) is 53.9 Å². The van der Waals surface area contributed by atoms with Crippen LogP contribution in [-0.4, -0.2) is 31.2 Å². The lowest BCUT2D eigenvalue weighted by Crippen LogP contribution is -2.31. The second-order valence-corrected chi connectivity index (χ2v) is 6.55. The maximum Gasteiger partial charge on any atom is 0.159 e. The van der Waals surface area contributed by atoms with Crippen molar-refractivity contribution in [2.45, 2.75) is 19.5 Å². The SMILES string of the molecule is Cn1ccc(CN2CCc3nc(-c4ccc(Cl)cc4)ncc3C2)n1. The van der Waals surface area contributed by atoms with Gasteiger partial charge in [-0.15, -0.1) is 0 Å². The zero-order valence-corrected chi connectivity index (χ0v) is 14.2. The van der Waals surface area contributed by atoms with Crippen molar-refractivity contribution in [1.29, 1.82) is 0 Å². The third-order valence-electron chi connectivity index (χ3n) is 4.27. The van der Waals surface area contributed by atoms with Crippen molar-refractivity contribution in [2.24, 2.45) is 7.05 Å². The Balaban J connectivity index is 1.52. The van der Waals surface area contributed by atoms with Crippen molar-refractivity contribution < 1.29 is 0 Å². The van der Waals surface area contributed by atoms with Gasteiger partial charge in [0.1, 0.15) is 0 Å². The predicted octanol–water partition coefficient (Wildman–Crippen LogP) is 3.09. The van der Waals surface area contributed by atoms with Gasteiger partial charge in [0.15, 0.2) is 5.82 Å². The summed E-state index contributed by atoms with van der Waals surface area (Å²) in [5.41, 5.74) is 4.44. The lowest BCUT2D eigenvalue weighted by Gasteiger charge is -2.27. The third-order valence-corrected chi connectivity index (χ3v) is 4.52. The zero-order chi connectivity index (χ0) is 16.5. The average Bonchev–Trinajstić information content (AvgIpc) is 3.00. The fourth-order valence-corrected chi connectivity index (χ4v) is 3.15. The smallest absolute Gasteiger partial charge is 0.159 e. The number of halogens is 1. The van der Waals surface area contributed by atoms with Crippen LogP contribution in [0.15, 0.2) is 42.7 Å². The lowest BCUT2D eigenvalue weighted by molar-refractivity contribution is 0.239. The van der Waals surface area contributed by atoms with E-state index >= 15 is 0 Å². The minimum Gasteiger partial charge on any atom is -0.293 e. The maximum atomic E-state index is 5.95. The molecule has 0 unspecified atom stereocenters. The van der Waals surface area contributed by atoms with Gasteiger partial charge in [-0.2, -0.15) is 5.10 Å². The van der Waals surface area contributed by atoms with Crippen molar-refractivity contribution >= 4 is 11.6 Å². The van der Waals surface area contributed by atoms with Gasteiger partial charge in [-0.1, -0.05) is 11.6 Å². The molecule has 24 heavy (non-hydrogen) atoms. The molecule has 0 spiro atoms. The molecule has 1 aromatic carbocycles. The highest BCUT2D eigenvalue weighted by molar-refractivity contribution is 6.30. The first-order valence-electron chi connectivity index (χ1n) is 7.99. The zero-order valence-electron chi connectivity index (χ0n) is 13.5. The van der Waals surface area contributed by atoms with Crippen LogP contribution in [0.5, 0.6) is 0 Å². The highest BCUT2D eigenvalue weighted by Gasteiger charge is 2.19. The fourth-order valence-electron chi connectivity index (χ4n) is 3.02. The van der Waals surface area contributed by atoms with Crippen LogP contribution < -0.4 is 0 Å². The Morgan fingerprint density at radius 3 is 2.75 bits per heavy atom. The van der Waals surface area contributed by atoms with Gasteiger partial charge in [-0.05, 0) is 30.3 Å². The second kappa shape index (κ2) is 6.34. The molecule has 0 saturated carbocycles. The van der Waals surface area contributed by atoms with E-state index in [1.54, 1.807) is 0 Å². The van der Waals surface area contributed by atoms with Crippen molar-refractivity contribution in [3.8, 4) is 11.4 Å². The normalized spacial score (nSPS) is 14.6. The summed E-state index contributed by atoms with van der Waals surface area (Å²) >= 11 is 5.95. The number of rotatable bonds is 3. The van der Waals surface area contributed by atoms with Gasteiger partial charge in [0.05, 0.1) is 11.4 Å². The third kappa shape index (κ3) is 3.18. The van der Waals surface area contributed by atoms with E-state index in [2.05, 4.69) is 21.0 Å². The largest absolute Gasteiger partial charge is 0.293 e. The molecule has 1 aliphatic heterocycles. The summed E-state index contributed by atoms with van der Waals surface area (Å²) in [5.74, 6) is 0.767. The number of hydrogen-bond acceptors (Lipinski definition) is 4. The molecule has 0 N–H and O–H groups in total. The van der Waals surface area contributed by atoms with Gasteiger partial charge in [0, 0.05) is 61.6 Å². The van der Waals surface area contributed by atoms with Crippen LogP contribution in [-0.2, 0) is 26.6 Å². The van der Waals surface area contributed by atoms with Crippen LogP contribution in [0.3, 0.4) is 0 Å². The van der Waals surface area contributed by atoms with Gasteiger partial charge in [0.2, 0.25) is 0 Å². The van der Waals surface area contributed by atoms with Gasteiger partial charge in [-0.3, -0.25) is 9.58 Å². The van der Waals surface area contributed by atoms with Gasteiger partial charge in [0.25, 0.3) is 0 Å². The molecule has 0 saturated heterocycles. The van der Waals surface area contributed by atoms with Crippen LogP contribution in [0.2, 0.25) is 5.02 Å². The van der Waals surface area contributed by atoms with Crippen LogP contribution in [0.25, 0.3) is 11.4 Å². The molecule has 0 amide bonds. The maximum absolute atomic E-state index is 5.95. The first-order valence-corrected chi connectivity index (χ1v) is 8.37. The summed E-state index contributed by atoms with van der Waals surface area (Å²) in [6, 6.07) is 9.72. The van der Waals surface area contributed by atoms with E-state index in [4.69, 9.17) is 16.6 Å². The first kappa shape index (κ1) is 15.3. The summed E-state index contributed by atoms with van der Waals surface area (Å²) in [4.78, 5) is 11.7. The van der Waals surface area contributed by atoms with Crippen molar-refractivity contribution in [1.82, 2.24) is 24.6 Å². The molecule has 3 aromatic rings. The highest BCUT2D eigenvalue weighted by Crippen LogP contribution is 2.23. The molecule has 5 nitrogen and oxygen atoms in total. The summed E-state index contributed by atoms with van der Waals surface area (Å²) < 4.78 is 1.84. The molecular weight excluding hydrogens is 322 g/mol. The highest BCUT2D eigenvalue weighted by atomic mass is 35.5. The Labute approximate surface area is 145 Å². The Kier molecular flexibility index (Phi) is 4.04. The first-order chi connectivity index (χ1) is 11.7. The summed E-state index contributed by atoms with van der Waals surface area (Å²) in [6.45, 7) is 2.71. The minimum absolute atomic E-state index is 0.724. The topological polar surface area (TPSA) is 46.8 Å². The Morgan fingerprint density at radius 2 is 2.00 bits per heavy atom. The number of nitrogens with zero attached hydrogens (tertiary/aromatic N) is 5. The predicted molar refractivity (Wildman–Crippen MR) is 93.5 cm³/mol. The number of aryl methyl sites for hydroxylation is 1. The number of fused-ring (bicyclic) bond motifs is 1. The Morgan fingerprint density at radius 1 is 1.17 bits per heavy atom. The number of benzene rings is 1. The molecule has 0 fully saturated rings.